The van der Waals surface area contributed by atoms with Crippen LogP contribution in [0.5, 0.6) is 0 Å². The number of thioether (sulfide) groups is 1. The van der Waals surface area contributed by atoms with E-state index in [0.29, 0.717) is 0 Å². The molecule has 2 rings (SSSR count). The van der Waals surface area contributed by atoms with Crippen molar-refractivity contribution in [1.29, 1.82) is 0 Å². The van der Waals surface area contributed by atoms with E-state index in [1.165, 1.54) is 4.21 Å². The van der Waals surface area contributed by atoms with Gasteiger partial charge in [-0.05, 0) is 30.5 Å². The molecule has 2 unspecified atom stereocenters. The first-order valence-electron chi connectivity index (χ1n) is 4.76. The number of thiophene rings is 1. The van der Waals surface area contributed by atoms with Crippen molar-refractivity contribution < 1.29 is 4.42 Å². The van der Waals surface area contributed by atoms with Crippen LogP contribution in [0.4, 0.5) is 0 Å². The van der Waals surface area contributed by atoms with E-state index < -0.39 is 0 Å². The van der Waals surface area contributed by atoms with E-state index in [2.05, 4.69) is 11.4 Å². The lowest BCUT2D eigenvalue weighted by Crippen LogP contribution is -2.22. The zero-order valence-electron chi connectivity index (χ0n) is 8.42. The van der Waals surface area contributed by atoms with Gasteiger partial charge in [0, 0.05) is 6.04 Å². The number of hydrogen-bond donors (Lipinski definition) is 1. The summed E-state index contributed by atoms with van der Waals surface area (Å²) in [5.41, 5.74) is 5.97. The Labute approximate surface area is 97.5 Å². The summed E-state index contributed by atoms with van der Waals surface area (Å²) in [5, 5.41) is 2.27. The van der Waals surface area contributed by atoms with Crippen molar-refractivity contribution in [2.24, 2.45) is 5.73 Å². The molecule has 0 fully saturated rings. The minimum atomic E-state index is 0.0725. The maximum absolute atomic E-state index is 5.97. The van der Waals surface area contributed by atoms with Gasteiger partial charge in [-0.25, -0.2) is 0 Å². The van der Waals surface area contributed by atoms with E-state index in [1.807, 2.05) is 25.1 Å². The first-order chi connectivity index (χ1) is 7.27. The highest BCUT2D eigenvalue weighted by molar-refractivity contribution is 8.01. The van der Waals surface area contributed by atoms with Crippen molar-refractivity contribution in [2.75, 3.05) is 0 Å². The lowest BCUT2D eigenvalue weighted by Gasteiger charge is -2.16. The molecule has 0 radical (unpaired) electrons. The average Bonchev–Trinajstić information content (AvgIpc) is 2.87. The van der Waals surface area contributed by atoms with Crippen LogP contribution in [-0.2, 0) is 0 Å². The molecule has 2 atom stereocenters. The molecule has 0 aliphatic rings. The monoisotopic (exact) mass is 239 g/mol. The maximum atomic E-state index is 5.97. The molecule has 0 saturated heterocycles. The fourth-order valence-electron chi connectivity index (χ4n) is 1.33. The third-order valence-corrected chi connectivity index (χ3v) is 4.56. The summed E-state index contributed by atoms with van der Waals surface area (Å²) < 4.78 is 6.68. The van der Waals surface area contributed by atoms with Gasteiger partial charge in [-0.3, -0.25) is 0 Å². The molecule has 80 valence electrons. The number of furan rings is 1. The van der Waals surface area contributed by atoms with E-state index in [9.17, 15) is 0 Å². The molecule has 0 aromatic carbocycles. The van der Waals surface area contributed by atoms with Crippen LogP contribution >= 0.6 is 23.1 Å². The summed E-state index contributed by atoms with van der Waals surface area (Å²) in [6, 6.07) is 8.11. The predicted molar refractivity (Wildman–Crippen MR) is 65.3 cm³/mol. The molecule has 0 amide bonds. The standard InChI is InChI=1S/C11H13NOS2/c1-8(12)11(9-4-2-6-13-9)15-10-5-3-7-14-10/h2-8,11H,12H2,1H3. The van der Waals surface area contributed by atoms with Crippen LogP contribution in [0.3, 0.4) is 0 Å². The summed E-state index contributed by atoms with van der Waals surface area (Å²) in [6.45, 7) is 2.01. The van der Waals surface area contributed by atoms with Gasteiger partial charge in [-0.1, -0.05) is 6.07 Å². The number of nitrogens with two attached hydrogens (primary N) is 1. The van der Waals surface area contributed by atoms with Crippen LogP contribution in [0.25, 0.3) is 0 Å². The van der Waals surface area contributed by atoms with Gasteiger partial charge in [0.25, 0.3) is 0 Å². The summed E-state index contributed by atoms with van der Waals surface area (Å²) in [7, 11) is 0. The molecule has 0 bridgehead atoms. The van der Waals surface area contributed by atoms with Crippen molar-refractivity contribution in [3.05, 3.63) is 41.7 Å². The topological polar surface area (TPSA) is 39.2 Å². The minimum Gasteiger partial charge on any atom is -0.468 e. The molecular formula is C11H13NOS2. The SMILES string of the molecule is CC(N)C(Sc1cccs1)c1ccco1. The molecule has 0 aliphatic carbocycles. The average molecular weight is 239 g/mol. The van der Waals surface area contributed by atoms with Gasteiger partial charge in [0.15, 0.2) is 0 Å². The maximum Gasteiger partial charge on any atom is 0.118 e. The van der Waals surface area contributed by atoms with Gasteiger partial charge in [0.05, 0.1) is 15.7 Å². The smallest absolute Gasteiger partial charge is 0.118 e. The molecule has 0 saturated carbocycles. The van der Waals surface area contributed by atoms with Crippen LogP contribution in [0.15, 0.2) is 44.5 Å². The molecule has 2 N–H and O–H groups in total. The highest BCUT2D eigenvalue weighted by Crippen LogP contribution is 2.39. The van der Waals surface area contributed by atoms with Gasteiger partial charge in [-0.2, -0.15) is 0 Å². The van der Waals surface area contributed by atoms with Crippen molar-refractivity contribution in [3.63, 3.8) is 0 Å². The van der Waals surface area contributed by atoms with Crippen LogP contribution in [-0.4, -0.2) is 6.04 Å². The summed E-state index contributed by atoms with van der Waals surface area (Å²) in [6.07, 6.45) is 1.69. The zero-order chi connectivity index (χ0) is 10.7. The fourth-order valence-corrected chi connectivity index (χ4v) is 3.35. The van der Waals surface area contributed by atoms with Crippen LogP contribution < -0.4 is 5.73 Å². The van der Waals surface area contributed by atoms with Crippen molar-refractivity contribution in [3.8, 4) is 0 Å². The van der Waals surface area contributed by atoms with Gasteiger partial charge >= 0.3 is 0 Å². The third-order valence-electron chi connectivity index (χ3n) is 2.04. The van der Waals surface area contributed by atoms with Gasteiger partial charge in [0.1, 0.15) is 5.76 Å². The summed E-state index contributed by atoms with van der Waals surface area (Å²) in [5.74, 6) is 0.948. The lowest BCUT2D eigenvalue weighted by molar-refractivity contribution is 0.487. The lowest BCUT2D eigenvalue weighted by atomic mass is 10.2. The van der Waals surface area contributed by atoms with Gasteiger partial charge < -0.3 is 10.2 Å². The van der Waals surface area contributed by atoms with Gasteiger partial charge in [0.2, 0.25) is 0 Å². The van der Waals surface area contributed by atoms with E-state index in [1.54, 1.807) is 29.4 Å². The molecule has 2 heterocycles. The van der Waals surface area contributed by atoms with Crippen molar-refractivity contribution in [1.82, 2.24) is 0 Å². The molecule has 4 heteroatoms. The van der Waals surface area contributed by atoms with E-state index in [0.717, 1.165) is 5.76 Å². The Morgan fingerprint density at radius 3 is 2.80 bits per heavy atom. The van der Waals surface area contributed by atoms with Crippen molar-refractivity contribution in [2.45, 2.75) is 22.4 Å². The molecule has 0 spiro atoms. The largest absolute Gasteiger partial charge is 0.468 e. The Morgan fingerprint density at radius 2 is 2.27 bits per heavy atom. The molecule has 2 aromatic rings. The quantitative estimate of drug-likeness (QED) is 0.830. The second-order valence-corrected chi connectivity index (χ2v) is 5.73. The summed E-state index contributed by atoms with van der Waals surface area (Å²) >= 11 is 3.49. The second-order valence-electron chi connectivity index (χ2n) is 3.35. The first kappa shape index (κ1) is 10.8. The summed E-state index contributed by atoms with van der Waals surface area (Å²) in [4.78, 5) is 0. The van der Waals surface area contributed by atoms with Crippen molar-refractivity contribution >= 4 is 23.1 Å². The minimum absolute atomic E-state index is 0.0725. The Bertz CT molecular complexity index is 381. The van der Waals surface area contributed by atoms with E-state index in [-0.39, 0.29) is 11.3 Å². The molecule has 2 aromatic heterocycles. The van der Waals surface area contributed by atoms with Crippen LogP contribution in [0.1, 0.15) is 17.9 Å². The van der Waals surface area contributed by atoms with Crippen LogP contribution in [0, 0.1) is 0 Å². The molecular weight excluding hydrogens is 226 g/mol. The molecule has 0 aliphatic heterocycles. The van der Waals surface area contributed by atoms with Crippen LogP contribution in [0.2, 0.25) is 0 Å². The number of rotatable bonds is 4. The number of hydrogen-bond acceptors (Lipinski definition) is 4. The Balaban J connectivity index is 2.14. The zero-order valence-corrected chi connectivity index (χ0v) is 10.1. The Morgan fingerprint density at radius 1 is 1.40 bits per heavy atom. The normalized spacial score (nSPS) is 15.1. The molecule has 2 nitrogen and oxygen atoms in total. The van der Waals surface area contributed by atoms with E-state index >= 15 is 0 Å². The Hall–Kier alpha value is -0.710. The first-order valence-corrected chi connectivity index (χ1v) is 6.52. The highest BCUT2D eigenvalue weighted by atomic mass is 32.2. The Kier molecular flexibility index (Phi) is 3.51. The third kappa shape index (κ3) is 2.65. The predicted octanol–water partition coefficient (Wildman–Crippen LogP) is 3.52. The highest BCUT2D eigenvalue weighted by Gasteiger charge is 2.20. The molecule has 15 heavy (non-hydrogen) atoms. The second kappa shape index (κ2) is 4.88. The van der Waals surface area contributed by atoms with Gasteiger partial charge in [-0.15, -0.1) is 23.1 Å². The van der Waals surface area contributed by atoms with E-state index in [4.69, 9.17) is 10.2 Å². The fraction of sp³-hybridized carbons (Fsp3) is 0.273.